The van der Waals surface area contributed by atoms with Crippen LogP contribution >= 0.6 is 0 Å². The van der Waals surface area contributed by atoms with Crippen LogP contribution in [0.25, 0.3) is 0 Å². The summed E-state index contributed by atoms with van der Waals surface area (Å²) in [4.78, 5) is 31.8. The number of carbonyl (C=O) groups excluding carboxylic acids is 2. The van der Waals surface area contributed by atoms with Crippen molar-refractivity contribution in [3.8, 4) is 23.0 Å². The number of methoxy groups -OCH3 is 2. The standard InChI is InChI=1S/C44H66N2O7/c1-13-19-34(22-30(6)14-2)28-45-38-26-42(40(50-11)24-36(38)32(8)47)52-20-17-16-18-21-53-43-27-39(37(33(9)48)25-41(43)51-12)46(10)44(49)35(29(4)5)23-31(7)15-3/h14-15,24-29,34-35,44,49H,13,16-23H2,1-12H3/b30-14-,31-15-,45-28?. The highest BCUT2D eigenvalue weighted by Gasteiger charge is 2.29. The van der Waals surface area contributed by atoms with Gasteiger partial charge >= 0.3 is 0 Å². The Labute approximate surface area is 319 Å². The number of anilines is 1. The molecule has 3 atom stereocenters. The van der Waals surface area contributed by atoms with E-state index in [9.17, 15) is 14.7 Å². The van der Waals surface area contributed by atoms with E-state index in [0.29, 0.717) is 58.7 Å². The van der Waals surface area contributed by atoms with Gasteiger partial charge in [0.2, 0.25) is 0 Å². The van der Waals surface area contributed by atoms with E-state index in [1.165, 1.54) is 25.0 Å². The molecule has 0 aliphatic rings. The Morgan fingerprint density at radius 3 is 1.81 bits per heavy atom. The summed E-state index contributed by atoms with van der Waals surface area (Å²) in [6, 6.07) is 7.01. The first kappa shape index (κ1) is 45.0. The van der Waals surface area contributed by atoms with Crippen LogP contribution in [-0.4, -0.2) is 63.6 Å². The monoisotopic (exact) mass is 734 g/mol. The Balaban J connectivity index is 2.14. The number of carbonyl (C=O) groups is 2. The van der Waals surface area contributed by atoms with Gasteiger partial charge in [0.05, 0.1) is 38.8 Å². The highest BCUT2D eigenvalue weighted by Crippen LogP contribution is 2.39. The van der Waals surface area contributed by atoms with E-state index < -0.39 is 6.23 Å². The predicted octanol–water partition coefficient (Wildman–Crippen LogP) is 10.6. The summed E-state index contributed by atoms with van der Waals surface area (Å²) in [5, 5.41) is 11.5. The molecule has 9 heteroatoms. The number of allylic oxidation sites excluding steroid dienone is 4. The largest absolute Gasteiger partial charge is 0.493 e. The third kappa shape index (κ3) is 13.7. The molecule has 53 heavy (non-hydrogen) atoms. The van der Waals surface area contributed by atoms with Crippen LogP contribution in [0.1, 0.15) is 128 Å². The van der Waals surface area contributed by atoms with Gasteiger partial charge in [-0.15, -0.1) is 0 Å². The van der Waals surface area contributed by atoms with Crippen LogP contribution in [0.15, 0.2) is 52.6 Å². The van der Waals surface area contributed by atoms with Gasteiger partial charge in [-0.1, -0.05) is 50.5 Å². The number of nitrogens with zero attached hydrogens (tertiary/aromatic N) is 2. The van der Waals surface area contributed by atoms with Gasteiger partial charge in [-0.05, 0) is 104 Å². The fourth-order valence-electron chi connectivity index (χ4n) is 6.27. The van der Waals surface area contributed by atoms with Crippen LogP contribution in [-0.2, 0) is 0 Å². The third-order valence-electron chi connectivity index (χ3n) is 9.85. The third-order valence-corrected chi connectivity index (χ3v) is 9.85. The highest BCUT2D eigenvalue weighted by molar-refractivity contribution is 6.01. The maximum absolute atomic E-state index is 12.7. The Hall–Kier alpha value is -4.11. The lowest BCUT2D eigenvalue weighted by molar-refractivity contribution is 0.0816. The summed E-state index contributed by atoms with van der Waals surface area (Å²) in [6.07, 6.45) is 11.5. The molecule has 0 saturated heterocycles. The van der Waals surface area contributed by atoms with Crippen molar-refractivity contribution in [2.45, 2.75) is 113 Å². The molecule has 0 spiro atoms. The van der Waals surface area contributed by atoms with Gasteiger partial charge in [0.15, 0.2) is 34.6 Å². The number of aliphatic hydroxyl groups excluding tert-OH is 1. The van der Waals surface area contributed by atoms with E-state index in [-0.39, 0.29) is 29.3 Å². The van der Waals surface area contributed by atoms with Crippen LogP contribution in [0.4, 0.5) is 11.4 Å². The average molecular weight is 735 g/mol. The number of hydrogen-bond donors (Lipinski definition) is 1. The Morgan fingerprint density at radius 1 is 0.792 bits per heavy atom. The van der Waals surface area contributed by atoms with Crippen molar-refractivity contribution in [2.24, 2.45) is 22.7 Å². The zero-order valence-electron chi connectivity index (χ0n) is 34.5. The fraction of sp³-hybridized carbons (Fsp3) is 0.568. The van der Waals surface area contributed by atoms with Crippen molar-refractivity contribution >= 4 is 29.2 Å². The molecule has 2 rings (SSSR count). The predicted molar refractivity (Wildman–Crippen MR) is 218 cm³/mol. The first-order valence-corrected chi connectivity index (χ1v) is 19.1. The lowest BCUT2D eigenvalue weighted by Crippen LogP contribution is -2.41. The van der Waals surface area contributed by atoms with E-state index in [0.717, 1.165) is 44.9 Å². The topological polar surface area (TPSA) is 107 Å². The van der Waals surface area contributed by atoms with Gasteiger partial charge in [-0.25, -0.2) is 0 Å². The molecule has 0 amide bonds. The normalized spacial score (nSPS) is 13.9. The lowest BCUT2D eigenvalue weighted by atomic mass is 9.87. The van der Waals surface area contributed by atoms with E-state index >= 15 is 0 Å². The minimum Gasteiger partial charge on any atom is -0.493 e. The maximum atomic E-state index is 12.7. The summed E-state index contributed by atoms with van der Waals surface area (Å²) in [5.41, 5.74) is 4.66. The molecule has 0 heterocycles. The highest BCUT2D eigenvalue weighted by atomic mass is 16.5. The second kappa shape index (κ2) is 22.8. The number of aliphatic hydroxyl groups is 1. The molecule has 0 radical (unpaired) electrons. The van der Waals surface area contributed by atoms with Crippen LogP contribution in [0, 0.1) is 17.8 Å². The molecule has 1 N–H and O–H groups in total. The molecule has 0 saturated carbocycles. The number of ether oxygens (including phenoxy) is 4. The lowest BCUT2D eigenvalue weighted by Gasteiger charge is -2.35. The number of ketones is 2. The number of hydrogen-bond acceptors (Lipinski definition) is 9. The molecule has 0 aliphatic carbocycles. The fourth-order valence-corrected chi connectivity index (χ4v) is 6.27. The number of aliphatic imine (C=N–C) groups is 1. The molecule has 0 aromatic heterocycles. The van der Waals surface area contributed by atoms with E-state index in [1.54, 1.807) is 43.4 Å². The molecule has 0 fully saturated rings. The van der Waals surface area contributed by atoms with Crippen LogP contribution in [0.5, 0.6) is 23.0 Å². The first-order chi connectivity index (χ1) is 25.2. The second-order valence-electron chi connectivity index (χ2n) is 14.3. The first-order valence-electron chi connectivity index (χ1n) is 19.1. The average Bonchev–Trinajstić information content (AvgIpc) is 3.13. The van der Waals surface area contributed by atoms with Crippen LogP contribution in [0.2, 0.25) is 0 Å². The zero-order chi connectivity index (χ0) is 39.7. The molecule has 2 aromatic carbocycles. The number of Topliss-reactive ketones (excluding diaryl/α,β-unsaturated/α-hetero) is 2. The van der Waals surface area contributed by atoms with Crippen molar-refractivity contribution < 1.29 is 33.6 Å². The number of benzene rings is 2. The molecule has 0 aliphatic heterocycles. The van der Waals surface area contributed by atoms with Crippen molar-refractivity contribution in [1.29, 1.82) is 0 Å². The second-order valence-corrected chi connectivity index (χ2v) is 14.3. The summed E-state index contributed by atoms with van der Waals surface area (Å²) in [7, 11) is 4.94. The van der Waals surface area contributed by atoms with Gasteiger partial charge in [0.25, 0.3) is 0 Å². The van der Waals surface area contributed by atoms with Crippen LogP contribution in [0.3, 0.4) is 0 Å². The molecule has 294 valence electrons. The Kier molecular flexibility index (Phi) is 19.4. The van der Waals surface area contributed by atoms with Crippen LogP contribution < -0.4 is 23.8 Å². The van der Waals surface area contributed by atoms with E-state index in [4.69, 9.17) is 23.9 Å². The number of unbranched alkanes of at least 4 members (excludes halogenated alkanes) is 2. The molecule has 0 bridgehead atoms. The molecule has 3 unspecified atom stereocenters. The Bertz CT molecular complexity index is 1580. The number of rotatable bonds is 24. The van der Waals surface area contributed by atoms with Crippen molar-refractivity contribution in [1.82, 2.24) is 0 Å². The minimum atomic E-state index is -0.810. The quantitative estimate of drug-likeness (QED) is 0.0373. The summed E-state index contributed by atoms with van der Waals surface area (Å²) in [5.74, 6) is 2.28. The Morgan fingerprint density at radius 2 is 1.32 bits per heavy atom. The van der Waals surface area contributed by atoms with E-state index in [1.807, 2.05) is 27.1 Å². The summed E-state index contributed by atoms with van der Waals surface area (Å²) >= 11 is 0. The van der Waals surface area contributed by atoms with Crippen molar-refractivity contribution in [3.63, 3.8) is 0 Å². The SMILES string of the molecule is C/C=C(/C)CC(C=Nc1cc(OCCCCCOc2cc(N(C)C(O)C(C/C(C)=C\C)C(C)C)c(C(C)=O)cc2OC)c(OC)cc1C(C)=O)CCC. The smallest absolute Gasteiger partial charge is 0.163 e. The molecular formula is C44H66N2O7. The van der Waals surface area contributed by atoms with Gasteiger partial charge in [-0.2, -0.15) is 0 Å². The van der Waals surface area contributed by atoms with Gasteiger partial charge in [0, 0.05) is 42.4 Å². The summed E-state index contributed by atoms with van der Waals surface area (Å²) in [6.45, 7) is 18.6. The molecule has 9 nitrogen and oxygen atoms in total. The van der Waals surface area contributed by atoms with Crippen molar-refractivity contribution in [2.75, 3.05) is 39.4 Å². The summed E-state index contributed by atoms with van der Waals surface area (Å²) < 4.78 is 23.6. The van der Waals surface area contributed by atoms with Gasteiger partial charge < -0.3 is 29.0 Å². The zero-order valence-corrected chi connectivity index (χ0v) is 34.5. The van der Waals surface area contributed by atoms with Gasteiger partial charge in [-0.3, -0.25) is 14.6 Å². The van der Waals surface area contributed by atoms with E-state index in [2.05, 4.69) is 46.8 Å². The van der Waals surface area contributed by atoms with Gasteiger partial charge in [0.1, 0.15) is 6.23 Å². The van der Waals surface area contributed by atoms with Crippen molar-refractivity contribution in [3.05, 3.63) is 58.7 Å². The maximum Gasteiger partial charge on any atom is 0.163 e. The minimum absolute atomic E-state index is 0.0354. The molecular weight excluding hydrogens is 668 g/mol. The molecule has 2 aromatic rings.